The van der Waals surface area contributed by atoms with Crippen LogP contribution in [0.1, 0.15) is 44.2 Å². The third-order valence-electron chi connectivity index (χ3n) is 3.70. The fraction of sp³-hybridized carbons (Fsp3) is 0.438. The first-order valence-electron chi connectivity index (χ1n) is 7.52. The monoisotopic (exact) mass is 318 g/mol. The highest BCUT2D eigenvalue weighted by Crippen LogP contribution is 2.21. The van der Waals surface area contributed by atoms with Crippen molar-refractivity contribution >= 4 is 5.91 Å². The topological polar surface area (TPSA) is 103 Å². The van der Waals surface area contributed by atoms with E-state index in [4.69, 9.17) is 15.0 Å². The van der Waals surface area contributed by atoms with Gasteiger partial charge in [0.05, 0.1) is 6.54 Å². The van der Waals surface area contributed by atoms with Crippen LogP contribution < -0.4 is 11.1 Å². The Morgan fingerprint density at radius 3 is 2.74 bits per heavy atom. The second kappa shape index (κ2) is 7.34. The summed E-state index contributed by atoms with van der Waals surface area (Å²) in [6, 6.07) is 9.27. The van der Waals surface area contributed by atoms with Crippen molar-refractivity contribution in [3.8, 4) is 0 Å². The zero-order valence-corrected chi connectivity index (χ0v) is 13.6. The van der Waals surface area contributed by atoms with Gasteiger partial charge in [-0.2, -0.15) is 4.98 Å². The number of nitrogens with zero attached hydrogens (tertiary/aromatic N) is 2. The maximum absolute atomic E-state index is 11.9. The van der Waals surface area contributed by atoms with Gasteiger partial charge in [0.25, 0.3) is 0 Å². The fourth-order valence-electron chi connectivity index (χ4n) is 2.18. The van der Waals surface area contributed by atoms with E-state index in [-0.39, 0.29) is 12.6 Å². The Balaban J connectivity index is 2.10. The van der Waals surface area contributed by atoms with Crippen LogP contribution >= 0.6 is 0 Å². The van der Waals surface area contributed by atoms with Crippen LogP contribution in [0.5, 0.6) is 0 Å². The Kier molecular flexibility index (Phi) is 5.46. The van der Waals surface area contributed by atoms with Gasteiger partial charge < -0.3 is 15.0 Å². The molecule has 0 unspecified atom stereocenters. The second-order valence-electron chi connectivity index (χ2n) is 5.35. The highest BCUT2D eigenvalue weighted by atomic mass is 16.5. The maximum Gasteiger partial charge on any atom is 0.242 e. The SMILES string of the molecule is CCO[C@H](C)c1noc(CN[C@@](C)(C(N)=O)c2ccccc2)n1. The van der Waals surface area contributed by atoms with Gasteiger partial charge in [0.2, 0.25) is 11.8 Å². The first-order valence-corrected chi connectivity index (χ1v) is 7.52. The number of rotatable bonds is 8. The summed E-state index contributed by atoms with van der Waals surface area (Å²) in [6.45, 7) is 6.27. The van der Waals surface area contributed by atoms with E-state index in [2.05, 4.69) is 15.5 Å². The van der Waals surface area contributed by atoms with Crippen molar-refractivity contribution in [2.24, 2.45) is 5.73 Å². The zero-order chi connectivity index (χ0) is 16.9. The number of carbonyl (C=O) groups is 1. The Hall–Kier alpha value is -2.25. The number of primary amides is 1. The second-order valence-corrected chi connectivity index (χ2v) is 5.35. The standard InChI is InChI=1S/C16H22N4O3/c1-4-22-11(2)14-19-13(23-20-14)10-18-16(3,15(17)21)12-8-6-5-7-9-12/h5-9,11,18H,4,10H2,1-3H3,(H2,17,21)/t11-,16-/m1/s1. The van der Waals surface area contributed by atoms with Crippen LogP contribution in [0.3, 0.4) is 0 Å². The molecular weight excluding hydrogens is 296 g/mol. The minimum atomic E-state index is -1.03. The Morgan fingerprint density at radius 1 is 1.43 bits per heavy atom. The molecule has 2 atom stereocenters. The van der Waals surface area contributed by atoms with E-state index in [1.807, 2.05) is 44.2 Å². The molecule has 0 saturated carbocycles. The molecule has 0 bridgehead atoms. The quantitative estimate of drug-likeness (QED) is 0.767. The molecule has 3 N–H and O–H groups in total. The van der Waals surface area contributed by atoms with E-state index < -0.39 is 11.4 Å². The van der Waals surface area contributed by atoms with Gasteiger partial charge in [-0.1, -0.05) is 35.5 Å². The number of benzene rings is 1. The molecule has 0 saturated heterocycles. The van der Waals surface area contributed by atoms with E-state index in [9.17, 15) is 4.79 Å². The molecule has 0 aliphatic rings. The van der Waals surface area contributed by atoms with Crippen LogP contribution in [0.25, 0.3) is 0 Å². The van der Waals surface area contributed by atoms with Crippen LogP contribution in [0.4, 0.5) is 0 Å². The molecular formula is C16H22N4O3. The predicted octanol–water partition coefficient (Wildman–Crippen LogP) is 1.66. The largest absolute Gasteiger partial charge is 0.371 e. The van der Waals surface area contributed by atoms with Crippen molar-refractivity contribution < 1.29 is 14.1 Å². The molecule has 2 aromatic rings. The Morgan fingerprint density at radius 2 is 2.13 bits per heavy atom. The van der Waals surface area contributed by atoms with E-state index in [0.717, 1.165) is 5.56 Å². The number of aromatic nitrogens is 2. The van der Waals surface area contributed by atoms with Crippen LogP contribution in [0.2, 0.25) is 0 Å². The van der Waals surface area contributed by atoms with Crippen molar-refractivity contribution in [1.29, 1.82) is 0 Å². The number of amides is 1. The molecule has 0 spiro atoms. The Bertz CT molecular complexity index is 644. The highest BCUT2D eigenvalue weighted by molar-refractivity contribution is 5.85. The van der Waals surface area contributed by atoms with Gasteiger partial charge in [0.1, 0.15) is 11.6 Å². The minimum absolute atomic E-state index is 0.222. The molecule has 7 heteroatoms. The Labute approximate surface area is 135 Å². The number of nitrogens with two attached hydrogens (primary N) is 1. The molecule has 7 nitrogen and oxygen atoms in total. The molecule has 0 aliphatic carbocycles. The van der Waals surface area contributed by atoms with Crippen molar-refractivity contribution in [2.75, 3.05) is 6.61 Å². The molecule has 0 radical (unpaired) electrons. The molecule has 0 fully saturated rings. The number of nitrogens with one attached hydrogen (secondary N) is 1. The fourth-order valence-corrected chi connectivity index (χ4v) is 2.18. The van der Waals surface area contributed by atoms with E-state index in [1.54, 1.807) is 6.92 Å². The predicted molar refractivity (Wildman–Crippen MR) is 84.2 cm³/mol. The summed E-state index contributed by atoms with van der Waals surface area (Å²) >= 11 is 0. The van der Waals surface area contributed by atoms with Gasteiger partial charge in [-0.15, -0.1) is 0 Å². The van der Waals surface area contributed by atoms with Crippen LogP contribution in [0, 0.1) is 0 Å². The van der Waals surface area contributed by atoms with Gasteiger partial charge >= 0.3 is 0 Å². The van der Waals surface area contributed by atoms with Gasteiger partial charge in [-0.05, 0) is 26.3 Å². The molecule has 23 heavy (non-hydrogen) atoms. The number of hydrogen-bond donors (Lipinski definition) is 2. The van der Waals surface area contributed by atoms with Crippen LogP contribution in [-0.2, 0) is 21.6 Å². The third kappa shape index (κ3) is 3.94. The summed E-state index contributed by atoms with van der Waals surface area (Å²) in [4.78, 5) is 16.2. The first kappa shape index (κ1) is 17.1. The zero-order valence-electron chi connectivity index (χ0n) is 13.6. The number of hydrogen-bond acceptors (Lipinski definition) is 6. The maximum atomic E-state index is 11.9. The molecule has 2 rings (SSSR count). The summed E-state index contributed by atoms with van der Waals surface area (Å²) < 4.78 is 10.6. The van der Waals surface area contributed by atoms with Crippen molar-refractivity contribution in [2.45, 2.75) is 39.0 Å². The van der Waals surface area contributed by atoms with Crippen molar-refractivity contribution in [1.82, 2.24) is 15.5 Å². The van der Waals surface area contributed by atoms with Crippen LogP contribution in [-0.4, -0.2) is 22.7 Å². The summed E-state index contributed by atoms with van der Waals surface area (Å²) in [7, 11) is 0. The average Bonchev–Trinajstić information content (AvgIpc) is 3.02. The smallest absolute Gasteiger partial charge is 0.242 e. The molecule has 1 heterocycles. The highest BCUT2D eigenvalue weighted by Gasteiger charge is 2.33. The van der Waals surface area contributed by atoms with Crippen molar-refractivity contribution in [3.05, 3.63) is 47.6 Å². The van der Waals surface area contributed by atoms with Crippen molar-refractivity contribution in [3.63, 3.8) is 0 Å². The minimum Gasteiger partial charge on any atom is -0.371 e. The lowest BCUT2D eigenvalue weighted by Gasteiger charge is -2.27. The van der Waals surface area contributed by atoms with Gasteiger partial charge in [0, 0.05) is 6.61 Å². The van der Waals surface area contributed by atoms with E-state index in [1.165, 1.54) is 0 Å². The molecule has 1 amide bonds. The molecule has 1 aromatic carbocycles. The lowest BCUT2D eigenvalue weighted by Crippen LogP contribution is -2.50. The third-order valence-corrected chi connectivity index (χ3v) is 3.70. The molecule has 1 aromatic heterocycles. The summed E-state index contributed by atoms with van der Waals surface area (Å²) in [6.07, 6.45) is -0.242. The lowest BCUT2D eigenvalue weighted by molar-refractivity contribution is -0.124. The first-order chi connectivity index (χ1) is 11.0. The summed E-state index contributed by atoms with van der Waals surface area (Å²) in [5.74, 6) is 0.366. The lowest BCUT2D eigenvalue weighted by atomic mass is 9.91. The number of carbonyl (C=O) groups excluding carboxylic acids is 1. The normalized spacial score (nSPS) is 15.1. The summed E-state index contributed by atoms with van der Waals surface area (Å²) in [5.41, 5.74) is 5.32. The van der Waals surface area contributed by atoms with E-state index >= 15 is 0 Å². The van der Waals surface area contributed by atoms with Gasteiger partial charge in [-0.3, -0.25) is 10.1 Å². The average molecular weight is 318 g/mol. The van der Waals surface area contributed by atoms with Gasteiger partial charge in [0.15, 0.2) is 5.82 Å². The summed E-state index contributed by atoms with van der Waals surface area (Å²) in [5, 5.41) is 6.99. The van der Waals surface area contributed by atoms with E-state index in [0.29, 0.717) is 18.3 Å². The van der Waals surface area contributed by atoms with Gasteiger partial charge in [-0.25, -0.2) is 0 Å². The number of ether oxygens (including phenoxy) is 1. The molecule has 124 valence electrons. The van der Waals surface area contributed by atoms with Crippen LogP contribution in [0.15, 0.2) is 34.9 Å². The molecule has 0 aliphatic heterocycles.